The summed E-state index contributed by atoms with van der Waals surface area (Å²) in [4.78, 5) is 11.8. The maximum absolute atomic E-state index is 11.8. The Balaban J connectivity index is 2.13. The number of aryl methyl sites for hydroxylation is 2. The number of benzene rings is 1. The average Bonchev–Trinajstić information content (AvgIpc) is 2.61. The van der Waals surface area contributed by atoms with E-state index in [1.54, 1.807) is 0 Å². The van der Waals surface area contributed by atoms with Gasteiger partial charge in [0, 0.05) is 6.42 Å². The highest BCUT2D eigenvalue weighted by atomic mass is 16.5. The topological polar surface area (TPSA) is 26.3 Å². The monoisotopic (exact) mass is 202 g/mol. The fourth-order valence-corrected chi connectivity index (χ4v) is 2.55. The van der Waals surface area contributed by atoms with Gasteiger partial charge in [-0.15, -0.1) is 0 Å². The standard InChI is InChI=1S/C13H14O2/c1-8-5-12(14)11-6-9-3-2-4-10(9)7-13(11)15-8/h6-8H,2-5H2,1H3. The Bertz CT molecular complexity index is 434. The Morgan fingerprint density at radius 2 is 2.00 bits per heavy atom. The van der Waals surface area contributed by atoms with Crippen LogP contribution < -0.4 is 4.74 Å². The number of carbonyl (C=O) groups excluding carboxylic acids is 1. The van der Waals surface area contributed by atoms with E-state index in [-0.39, 0.29) is 11.9 Å². The van der Waals surface area contributed by atoms with Crippen molar-refractivity contribution in [2.24, 2.45) is 0 Å². The lowest BCUT2D eigenvalue weighted by molar-refractivity contribution is 0.0871. The van der Waals surface area contributed by atoms with Crippen LogP contribution in [0.2, 0.25) is 0 Å². The molecule has 0 bridgehead atoms. The fourth-order valence-electron chi connectivity index (χ4n) is 2.55. The van der Waals surface area contributed by atoms with Crippen LogP contribution in [0.1, 0.15) is 41.3 Å². The molecule has 1 aliphatic heterocycles. The highest BCUT2D eigenvalue weighted by Crippen LogP contribution is 2.34. The van der Waals surface area contributed by atoms with Gasteiger partial charge in [0.05, 0.1) is 5.56 Å². The van der Waals surface area contributed by atoms with Crippen molar-refractivity contribution in [3.05, 3.63) is 28.8 Å². The zero-order valence-electron chi connectivity index (χ0n) is 8.88. The Morgan fingerprint density at radius 3 is 2.80 bits per heavy atom. The molecule has 0 fully saturated rings. The number of fused-ring (bicyclic) bond motifs is 2. The van der Waals surface area contributed by atoms with Gasteiger partial charge in [-0.25, -0.2) is 0 Å². The Labute approximate surface area is 89.2 Å². The molecule has 1 aromatic rings. The third-order valence-electron chi connectivity index (χ3n) is 3.30. The van der Waals surface area contributed by atoms with E-state index in [4.69, 9.17) is 4.74 Å². The summed E-state index contributed by atoms with van der Waals surface area (Å²) >= 11 is 0. The highest BCUT2D eigenvalue weighted by molar-refractivity contribution is 6.00. The zero-order valence-corrected chi connectivity index (χ0v) is 8.88. The molecule has 3 rings (SSSR count). The minimum Gasteiger partial charge on any atom is -0.489 e. The molecule has 0 amide bonds. The summed E-state index contributed by atoms with van der Waals surface area (Å²) < 4.78 is 5.71. The number of hydrogen-bond donors (Lipinski definition) is 0. The first-order valence-corrected chi connectivity index (χ1v) is 5.59. The van der Waals surface area contributed by atoms with Gasteiger partial charge in [-0.1, -0.05) is 0 Å². The van der Waals surface area contributed by atoms with Gasteiger partial charge in [0.1, 0.15) is 11.9 Å². The predicted molar refractivity (Wildman–Crippen MR) is 57.5 cm³/mol. The Morgan fingerprint density at radius 1 is 1.27 bits per heavy atom. The van der Waals surface area contributed by atoms with Crippen LogP contribution in [0.4, 0.5) is 0 Å². The smallest absolute Gasteiger partial charge is 0.170 e. The van der Waals surface area contributed by atoms with E-state index in [1.165, 1.54) is 17.5 Å². The molecule has 0 saturated carbocycles. The first-order chi connectivity index (χ1) is 7.24. The summed E-state index contributed by atoms with van der Waals surface area (Å²) in [6, 6.07) is 4.12. The minimum atomic E-state index is 0.0319. The van der Waals surface area contributed by atoms with Crippen molar-refractivity contribution in [3.63, 3.8) is 0 Å². The van der Waals surface area contributed by atoms with Crippen LogP contribution in [-0.4, -0.2) is 11.9 Å². The Kier molecular flexibility index (Phi) is 1.84. The second-order valence-electron chi connectivity index (χ2n) is 4.53. The van der Waals surface area contributed by atoms with E-state index >= 15 is 0 Å². The molecule has 1 unspecified atom stereocenters. The van der Waals surface area contributed by atoms with E-state index in [1.807, 2.05) is 13.0 Å². The van der Waals surface area contributed by atoms with Crippen molar-refractivity contribution in [3.8, 4) is 5.75 Å². The lowest BCUT2D eigenvalue weighted by Crippen LogP contribution is -2.24. The van der Waals surface area contributed by atoms with Crippen LogP contribution in [0, 0.1) is 0 Å². The van der Waals surface area contributed by atoms with Crippen molar-refractivity contribution in [1.29, 1.82) is 0 Å². The molecule has 2 aliphatic rings. The molecule has 1 heterocycles. The van der Waals surface area contributed by atoms with E-state index < -0.39 is 0 Å². The molecule has 78 valence electrons. The largest absolute Gasteiger partial charge is 0.489 e. The normalized spacial score (nSPS) is 23.3. The number of Topliss-reactive ketones (excluding diaryl/α,β-unsaturated/α-hetero) is 1. The number of rotatable bonds is 0. The second kappa shape index (κ2) is 3.09. The van der Waals surface area contributed by atoms with Crippen molar-refractivity contribution < 1.29 is 9.53 Å². The first kappa shape index (κ1) is 8.96. The molecular weight excluding hydrogens is 188 g/mol. The quantitative estimate of drug-likeness (QED) is 0.646. The van der Waals surface area contributed by atoms with Gasteiger partial charge in [-0.2, -0.15) is 0 Å². The molecule has 0 spiro atoms. The SMILES string of the molecule is CC1CC(=O)c2cc3c(cc2O1)CCC3. The number of ketones is 1. The average molecular weight is 202 g/mol. The summed E-state index contributed by atoms with van der Waals surface area (Å²) in [5.41, 5.74) is 3.52. The molecule has 0 N–H and O–H groups in total. The van der Waals surface area contributed by atoms with Gasteiger partial charge in [0.15, 0.2) is 5.78 Å². The third-order valence-corrected chi connectivity index (χ3v) is 3.30. The van der Waals surface area contributed by atoms with E-state index in [9.17, 15) is 4.79 Å². The van der Waals surface area contributed by atoms with E-state index in [0.717, 1.165) is 24.2 Å². The van der Waals surface area contributed by atoms with Gasteiger partial charge in [-0.05, 0) is 49.4 Å². The fraction of sp³-hybridized carbons (Fsp3) is 0.462. The summed E-state index contributed by atoms with van der Waals surface area (Å²) in [7, 11) is 0. The maximum atomic E-state index is 11.8. The minimum absolute atomic E-state index is 0.0319. The van der Waals surface area contributed by atoms with Crippen LogP contribution in [0.5, 0.6) is 5.75 Å². The van der Waals surface area contributed by atoms with Gasteiger partial charge in [0.2, 0.25) is 0 Å². The molecule has 1 aromatic carbocycles. The van der Waals surface area contributed by atoms with Crippen LogP contribution in [-0.2, 0) is 12.8 Å². The number of ether oxygens (including phenoxy) is 1. The number of hydrogen-bond acceptors (Lipinski definition) is 2. The summed E-state index contributed by atoms with van der Waals surface area (Å²) in [6.07, 6.45) is 4.01. The molecule has 1 atom stereocenters. The molecular formula is C13H14O2. The van der Waals surface area contributed by atoms with Gasteiger partial charge in [0.25, 0.3) is 0 Å². The van der Waals surface area contributed by atoms with Crippen molar-refractivity contribution >= 4 is 5.78 Å². The third kappa shape index (κ3) is 1.36. The van der Waals surface area contributed by atoms with Gasteiger partial charge < -0.3 is 4.74 Å². The van der Waals surface area contributed by atoms with Crippen LogP contribution in [0.25, 0.3) is 0 Å². The van der Waals surface area contributed by atoms with Crippen LogP contribution in [0.3, 0.4) is 0 Å². The Hall–Kier alpha value is -1.31. The highest BCUT2D eigenvalue weighted by Gasteiger charge is 2.26. The molecule has 0 radical (unpaired) electrons. The summed E-state index contributed by atoms with van der Waals surface area (Å²) in [5, 5.41) is 0. The summed E-state index contributed by atoms with van der Waals surface area (Å²) in [5.74, 6) is 1.04. The number of carbonyl (C=O) groups is 1. The molecule has 15 heavy (non-hydrogen) atoms. The first-order valence-electron chi connectivity index (χ1n) is 5.59. The maximum Gasteiger partial charge on any atom is 0.170 e. The van der Waals surface area contributed by atoms with Crippen molar-refractivity contribution in [2.45, 2.75) is 38.7 Å². The van der Waals surface area contributed by atoms with Gasteiger partial charge in [-0.3, -0.25) is 4.79 Å². The molecule has 1 aliphatic carbocycles. The lowest BCUT2D eigenvalue weighted by Gasteiger charge is -2.23. The lowest BCUT2D eigenvalue weighted by atomic mass is 9.97. The molecule has 2 heteroatoms. The van der Waals surface area contributed by atoms with E-state index in [2.05, 4.69) is 6.07 Å². The summed E-state index contributed by atoms with van der Waals surface area (Å²) in [6.45, 7) is 1.95. The predicted octanol–water partition coefficient (Wildman–Crippen LogP) is 2.53. The zero-order chi connectivity index (χ0) is 10.4. The van der Waals surface area contributed by atoms with Crippen LogP contribution >= 0.6 is 0 Å². The molecule has 0 saturated heterocycles. The van der Waals surface area contributed by atoms with Gasteiger partial charge >= 0.3 is 0 Å². The molecule has 2 nitrogen and oxygen atoms in total. The second-order valence-corrected chi connectivity index (χ2v) is 4.53. The van der Waals surface area contributed by atoms with Crippen molar-refractivity contribution in [1.82, 2.24) is 0 Å². The van der Waals surface area contributed by atoms with Crippen LogP contribution in [0.15, 0.2) is 12.1 Å². The van der Waals surface area contributed by atoms with Crippen molar-refractivity contribution in [2.75, 3.05) is 0 Å². The molecule has 0 aromatic heterocycles. The van der Waals surface area contributed by atoms with E-state index in [0.29, 0.717) is 6.42 Å².